The predicted octanol–water partition coefficient (Wildman–Crippen LogP) is 7.55. The highest BCUT2D eigenvalue weighted by Crippen LogP contribution is 2.43. The third-order valence-corrected chi connectivity index (χ3v) is 6.87. The highest BCUT2D eigenvalue weighted by molar-refractivity contribution is 6.35. The molecule has 1 aliphatic heterocycles. The maximum Gasteiger partial charge on any atom is 0.336 e. The summed E-state index contributed by atoms with van der Waals surface area (Å²) in [5.74, 6) is -0.279. The Hall–Kier alpha value is -4.77. The Kier molecular flexibility index (Phi) is 8.25. The molecule has 0 aromatic heterocycles. The van der Waals surface area contributed by atoms with Crippen LogP contribution in [0.5, 0.6) is 17.2 Å². The number of hydrogen-bond acceptors (Lipinski definition) is 6. The number of halogens is 3. The molecular formula is C32H21Cl2FN2O4. The number of esters is 1. The van der Waals surface area contributed by atoms with Crippen molar-refractivity contribution < 1.29 is 23.4 Å². The molecule has 0 saturated heterocycles. The van der Waals surface area contributed by atoms with Crippen LogP contribution in [0.2, 0.25) is 10.0 Å². The lowest BCUT2D eigenvalue weighted by molar-refractivity contribution is -0.128. The van der Waals surface area contributed by atoms with Crippen LogP contribution in [-0.4, -0.2) is 5.97 Å². The molecule has 4 aromatic carbocycles. The summed E-state index contributed by atoms with van der Waals surface area (Å²) in [6.07, 6.45) is 2.78. The van der Waals surface area contributed by atoms with Crippen molar-refractivity contribution >= 4 is 35.2 Å². The van der Waals surface area contributed by atoms with Gasteiger partial charge in [-0.2, -0.15) is 5.26 Å². The summed E-state index contributed by atoms with van der Waals surface area (Å²) in [7, 11) is 0. The van der Waals surface area contributed by atoms with E-state index >= 15 is 0 Å². The molecule has 0 saturated carbocycles. The van der Waals surface area contributed by atoms with Gasteiger partial charge in [-0.1, -0.05) is 59.6 Å². The van der Waals surface area contributed by atoms with Gasteiger partial charge in [-0.25, -0.2) is 9.18 Å². The maximum atomic E-state index is 13.1. The van der Waals surface area contributed by atoms with Crippen LogP contribution in [0.4, 0.5) is 4.39 Å². The van der Waals surface area contributed by atoms with Crippen molar-refractivity contribution in [3.05, 3.63) is 141 Å². The maximum absolute atomic E-state index is 13.1. The van der Waals surface area contributed by atoms with Crippen molar-refractivity contribution in [2.45, 2.75) is 12.5 Å². The normalized spacial score (nSPS) is 14.2. The van der Waals surface area contributed by atoms with Gasteiger partial charge in [0.2, 0.25) is 5.88 Å². The highest BCUT2D eigenvalue weighted by Gasteiger charge is 2.31. The molecular weight excluding hydrogens is 566 g/mol. The van der Waals surface area contributed by atoms with E-state index in [4.69, 9.17) is 43.1 Å². The first-order chi connectivity index (χ1) is 19.8. The van der Waals surface area contributed by atoms with E-state index in [1.165, 1.54) is 24.3 Å². The molecule has 0 bridgehead atoms. The number of fused-ring (bicyclic) bond motifs is 1. The first kappa shape index (κ1) is 27.8. The second-order valence-corrected chi connectivity index (χ2v) is 9.87. The van der Waals surface area contributed by atoms with Gasteiger partial charge in [-0.3, -0.25) is 0 Å². The van der Waals surface area contributed by atoms with Crippen LogP contribution in [0, 0.1) is 17.1 Å². The summed E-state index contributed by atoms with van der Waals surface area (Å²) in [6, 6.07) is 25.3. The zero-order valence-corrected chi connectivity index (χ0v) is 22.8. The number of ether oxygens (including phenoxy) is 3. The van der Waals surface area contributed by atoms with Gasteiger partial charge in [-0.15, -0.1) is 0 Å². The summed E-state index contributed by atoms with van der Waals surface area (Å²) in [5.41, 5.74) is 9.28. The number of carbonyl (C=O) groups excluding carboxylic acids is 1. The van der Waals surface area contributed by atoms with E-state index in [0.29, 0.717) is 32.7 Å². The number of rotatable bonds is 7. The van der Waals surface area contributed by atoms with Gasteiger partial charge in [0.15, 0.2) is 0 Å². The van der Waals surface area contributed by atoms with Crippen LogP contribution < -0.4 is 19.9 Å². The molecule has 0 radical (unpaired) electrons. The number of nitrogens with zero attached hydrogens (tertiary/aromatic N) is 1. The zero-order chi connectivity index (χ0) is 28.9. The lowest BCUT2D eigenvalue weighted by Crippen LogP contribution is -2.21. The van der Waals surface area contributed by atoms with Crippen molar-refractivity contribution in [2.75, 3.05) is 0 Å². The molecule has 1 unspecified atom stereocenters. The Morgan fingerprint density at radius 2 is 1.73 bits per heavy atom. The Morgan fingerprint density at radius 3 is 2.44 bits per heavy atom. The molecule has 204 valence electrons. The Bertz CT molecular complexity index is 1710. The lowest BCUT2D eigenvalue weighted by Gasteiger charge is -2.26. The van der Waals surface area contributed by atoms with Crippen LogP contribution in [0.3, 0.4) is 0 Å². The van der Waals surface area contributed by atoms with E-state index in [9.17, 15) is 14.4 Å². The number of benzene rings is 4. The zero-order valence-electron chi connectivity index (χ0n) is 21.3. The minimum absolute atomic E-state index is 0.0395. The number of nitriles is 1. The third-order valence-electron chi connectivity index (χ3n) is 6.30. The quantitative estimate of drug-likeness (QED) is 0.136. The average Bonchev–Trinajstić information content (AvgIpc) is 2.96. The van der Waals surface area contributed by atoms with Crippen LogP contribution in [0.1, 0.15) is 28.2 Å². The van der Waals surface area contributed by atoms with Crippen LogP contribution >= 0.6 is 23.2 Å². The summed E-state index contributed by atoms with van der Waals surface area (Å²) in [5, 5.41) is 10.7. The molecule has 1 atom stereocenters. The molecule has 4 aromatic rings. The number of allylic oxidation sites excluding steroid dienone is 1. The summed E-state index contributed by atoms with van der Waals surface area (Å²) in [4.78, 5) is 12.4. The minimum atomic E-state index is -0.624. The van der Waals surface area contributed by atoms with E-state index in [2.05, 4.69) is 6.07 Å². The van der Waals surface area contributed by atoms with Crippen LogP contribution in [-0.2, 0) is 11.4 Å². The molecule has 0 fully saturated rings. The monoisotopic (exact) mass is 586 g/mol. The molecule has 2 N–H and O–H groups in total. The Balaban J connectivity index is 1.33. The molecule has 0 amide bonds. The van der Waals surface area contributed by atoms with E-state index in [-0.39, 0.29) is 29.6 Å². The summed E-state index contributed by atoms with van der Waals surface area (Å²) >= 11 is 12.1. The van der Waals surface area contributed by atoms with E-state index in [1.54, 1.807) is 60.7 Å². The number of carbonyl (C=O) groups is 1. The number of nitrogens with two attached hydrogens (primary N) is 1. The smallest absolute Gasteiger partial charge is 0.336 e. The molecule has 1 heterocycles. The van der Waals surface area contributed by atoms with E-state index in [0.717, 1.165) is 11.1 Å². The number of hydrogen-bond donors (Lipinski definition) is 1. The molecule has 41 heavy (non-hydrogen) atoms. The van der Waals surface area contributed by atoms with Gasteiger partial charge >= 0.3 is 5.97 Å². The Labute approximate surface area is 245 Å². The standard InChI is InChI=1S/C32H21Cl2FN2O4/c33-22-7-3-20(28(34)15-22)6-14-30(38)40-25-12-13-26-29(16-25)41-32(37)27(17-36)31(26)21-4-10-24(11-5-21)39-18-19-1-8-23(35)9-2-19/h1-16,31H,18,37H2/b14-6+. The van der Waals surface area contributed by atoms with Crippen molar-refractivity contribution in [3.63, 3.8) is 0 Å². The van der Waals surface area contributed by atoms with Gasteiger partial charge in [0.05, 0.1) is 5.92 Å². The fourth-order valence-electron chi connectivity index (χ4n) is 4.29. The van der Waals surface area contributed by atoms with Gasteiger partial charge in [0.1, 0.15) is 41.3 Å². The molecule has 9 heteroatoms. The third kappa shape index (κ3) is 6.52. The second kappa shape index (κ2) is 12.2. The Morgan fingerprint density at radius 1 is 1.00 bits per heavy atom. The minimum Gasteiger partial charge on any atom is -0.489 e. The van der Waals surface area contributed by atoms with Gasteiger partial charge in [0.25, 0.3) is 0 Å². The lowest BCUT2D eigenvalue weighted by atomic mass is 9.83. The van der Waals surface area contributed by atoms with Crippen molar-refractivity contribution in [1.29, 1.82) is 5.26 Å². The molecule has 5 rings (SSSR count). The van der Waals surface area contributed by atoms with E-state index in [1.807, 2.05) is 12.1 Å². The fraction of sp³-hybridized carbons (Fsp3) is 0.0625. The van der Waals surface area contributed by atoms with Crippen LogP contribution in [0.25, 0.3) is 6.08 Å². The highest BCUT2D eigenvalue weighted by atomic mass is 35.5. The average molecular weight is 587 g/mol. The molecule has 0 spiro atoms. The molecule has 1 aliphatic rings. The summed E-state index contributed by atoms with van der Waals surface area (Å²) < 4.78 is 30.1. The van der Waals surface area contributed by atoms with Gasteiger partial charge in [-0.05, 0) is 65.2 Å². The van der Waals surface area contributed by atoms with Crippen molar-refractivity contribution in [2.24, 2.45) is 5.73 Å². The van der Waals surface area contributed by atoms with Crippen molar-refractivity contribution in [3.8, 4) is 23.3 Å². The molecule has 6 nitrogen and oxygen atoms in total. The van der Waals surface area contributed by atoms with E-state index < -0.39 is 11.9 Å². The first-order valence-corrected chi connectivity index (χ1v) is 13.1. The largest absolute Gasteiger partial charge is 0.489 e. The SMILES string of the molecule is N#CC1=C(N)Oc2cc(OC(=O)/C=C/c3ccc(Cl)cc3Cl)ccc2C1c1ccc(OCc2ccc(F)cc2)cc1. The first-order valence-electron chi connectivity index (χ1n) is 12.3. The second-order valence-electron chi connectivity index (χ2n) is 9.03. The fourth-order valence-corrected chi connectivity index (χ4v) is 4.76. The molecule has 0 aliphatic carbocycles. The van der Waals surface area contributed by atoms with Gasteiger partial charge in [0, 0.05) is 27.8 Å². The summed E-state index contributed by atoms with van der Waals surface area (Å²) in [6.45, 7) is 0.277. The van der Waals surface area contributed by atoms with Crippen molar-refractivity contribution in [1.82, 2.24) is 0 Å². The van der Waals surface area contributed by atoms with Gasteiger partial charge < -0.3 is 19.9 Å². The predicted molar refractivity (Wildman–Crippen MR) is 154 cm³/mol. The topological polar surface area (TPSA) is 94.6 Å². The van der Waals surface area contributed by atoms with Crippen LogP contribution in [0.15, 0.2) is 102 Å².